The molecule has 0 radical (unpaired) electrons. The van der Waals surface area contributed by atoms with Crippen LogP contribution in [0.2, 0.25) is 0 Å². The maximum absolute atomic E-state index is 14.5. The van der Waals surface area contributed by atoms with Crippen molar-refractivity contribution in [2.45, 2.75) is 58.8 Å². The summed E-state index contributed by atoms with van der Waals surface area (Å²) in [6, 6.07) is 6.82. The lowest BCUT2D eigenvalue weighted by atomic mass is 9.78. The van der Waals surface area contributed by atoms with Crippen LogP contribution < -0.4 is 0 Å². The Hall–Kier alpha value is -1.77. The molecular weight excluding hydrogens is 292 g/mol. The third-order valence-corrected chi connectivity index (χ3v) is 4.32. The van der Waals surface area contributed by atoms with Crippen LogP contribution in [-0.2, 0) is 17.3 Å². The first-order chi connectivity index (χ1) is 10.5. The van der Waals surface area contributed by atoms with E-state index in [0.29, 0.717) is 12.0 Å². The predicted octanol–water partition coefficient (Wildman–Crippen LogP) is 5.49. The number of aromatic nitrogens is 1. The van der Waals surface area contributed by atoms with Gasteiger partial charge in [0.15, 0.2) is 0 Å². The van der Waals surface area contributed by atoms with Gasteiger partial charge in [-0.15, -0.1) is 0 Å². The van der Waals surface area contributed by atoms with E-state index in [4.69, 9.17) is 0 Å². The summed E-state index contributed by atoms with van der Waals surface area (Å²) in [6.07, 6.45) is 2.08. The van der Waals surface area contributed by atoms with Crippen molar-refractivity contribution in [1.82, 2.24) is 4.98 Å². The molecule has 2 rings (SSSR count). The minimum Gasteiger partial charge on any atom is -0.261 e. The van der Waals surface area contributed by atoms with Crippen molar-refractivity contribution in [2.75, 3.05) is 0 Å². The summed E-state index contributed by atoms with van der Waals surface area (Å²) in [5.41, 5.74) is 2.04. The molecule has 0 fully saturated rings. The van der Waals surface area contributed by atoms with Crippen LogP contribution in [-0.4, -0.2) is 4.98 Å². The highest BCUT2D eigenvalue weighted by Crippen LogP contribution is 2.32. The van der Waals surface area contributed by atoms with Crippen LogP contribution in [0.1, 0.15) is 57.0 Å². The fraction of sp³-hybridized carbons (Fsp3) is 0.450. The largest absolute Gasteiger partial charge is 0.261 e. The molecule has 1 nitrogen and oxygen atoms in total. The Labute approximate surface area is 137 Å². The van der Waals surface area contributed by atoms with Gasteiger partial charge in [-0.05, 0) is 53.5 Å². The van der Waals surface area contributed by atoms with Gasteiger partial charge in [0.2, 0.25) is 0 Å². The van der Waals surface area contributed by atoms with E-state index in [-0.39, 0.29) is 11.0 Å². The molecule has 124 valence electrons. The van der Waals surface area contributed by atoms with E-state index in [1.165, 1.54) is 12.1 Å². The topological polar surface area (TPSA) is 12.9 Å². The van der Waals surface area contributed by atoms with Crippen molar-refractivity contribution >= 4 is 0 Å². The van der Waals surface area contributed by atoms with Gasteiger partial charge in [-0.1, -0.05) is 40.7 Å². The van der Waals surface area contributed by atoms with E-state index in [1.54, 1.807) is 6.20 Å². The number of hydrogen-bond donors (Lipinski definition) is 0. The molecule has 0 aliphatic heterocycles. The Balaban J connectivity index is 2.37. The van der Waals surface area contributed by atoms with Crippen LogP contribution >= 0.6 is 0 Å². The van der Waals surface area contributed by atoms with Crippen molar-refractivity contribution in [3.05, 3.63) is 64.5 Å². The summed E-state index contributed by atoms with van der Waals surface area (Å²) >= 11 is 0. The van der Waals surface area contributed by atoms with Gasteiger partial charge in [-0.2, -0.15) is 0 Å². The summed E-state index contributed by atoms with van der Waals surface area (Å²) in [6.45, 7) is 11.7. The monoisotopic (exact) mass is 317 g/mol. The molecule has 23 heavy (non-hydrogen) atoms. The van der Waals surface area contributed by atoms with E-state index in [0.717, 1.165) is 11.3 Å². The van der Waals surface area contributed by atoms with Crippen LogP contribution in [0.3, 0.4) is 0 Å². The zero-order valence-corrected chi connectivity index (χ0v) is 14.8. The lowest BCUT2D eigenvalue weighted by molar-refractivity contribution is 0.468. The third kappa shape index (κ3) is 3.95. The van der Waals surface area contributed by atoms with Gasteiger partial charge < -0.3 is 0 Å². The zero-order valence-electron chi connectivity index (χ0n) is 14.8. The number of pyridine rings is 1. The molecule has 0 saturated heterocycles. The number of nitrogens with zero attached hydrogens (tertiary/aromatic N) is 1. The molecular formula is C20H25F2N. The fourth-order valence-electron chi connectivity index (χ4n) is 2.62. The maximum Gasteiger partial charge on any atom is 0.129 e. The number of hydrogen-bond acceptors (Lipinski definition) is 1. The summed E-state index contributed by atoms with van der Waals surface area (Å²) in [7, 11) is 0. The minimum absolute atomic E-state index is 0.142. The van der Waals surface area contributed by atoms with Crippen molar-refractivity contribution in [3.8, 4) is 0 Å². The molecule has 0 aliphatic carbocycles. The molecule has 1 aromatic heterocycles. The number of rotatable bonds is 3. The molecule has 0 unspecified atom stereocenters. The lowest BCUT2D eigenvalue weighted by Crippen LogP contribution is -2.23. The molecule has 1 heterocycles. The SMILES string of the molecule is Cc1ccc(C(C)(C)Cc2c(F)cc(C(C)(C)C)cc2F)cn1. The van der Waals surface area contributed by atoms with Gasteiger partial charge in [-0.3, -0.25) is 4.98 Å². The minimum atomic E-state index is -0.469. The van der Waals surface area contributed by atoms with Crippen LogP contribution in [0.15, 0.2) is 30.5 Å². The number of benzene rings is 1. The van der Waals surface area contributed by atoms with Crippen molar-refractivity contribution in [1.29, 1.82) is 0 Å². The average Bonchev–Trinajstić information content (AvgIpc) is 2.42. The fourth-order valence-corrected chi connectivity index (χ4v) is 2.62. The van der Waals surface area contributed by atoms with Gasteiger partial charge in [0.05, 0.1) is 0 Å². The first-order valence-corrected chi connectivity index (χ1v) is 7.92. The Morgan fingerprint density at radius 2 is 1.48 bits per heavy atom. The molecule has 0 spiro atoms. The molecule has 0 aliphatic rings. The zero-order chi connectivity index (χ0) is 17.4. The molecule has 1 aromatic carbocycles. The summed E-state index contributed by atoms with van der Waals surface area (Å²) in [5.74, 6) is -0.939. The van der Waals surface area contributed by atoms with Crippen molar-refractivity contribution in [3.63, 3.8) is 0 Å². The summed E-state index contributed by atoms with van der Waals surface area (Å²) in [5, 5.41) is 0. The first-order valence-electron chi connectivity index (χ1n) is 7.92. The second kappa shape index (κ2) is 6.03. The van der Waals surface area contributed by atoms with Gasteiger partial charge >= 0.3 is 0 Å². The Kier molecular flexibility index (Phi) is 4.61. The highest BCUT2D eigenvalue weighted by molar-refractivity contribution is 5.33. The molecule has 0 bridgehead atoms. The van der Waals surface area contributed by atoms with E-state index in [9.17, 15) is 8.78 Å². The lowest BCUT2D eigenvalue weighted by Gasteiger charge is -2.27. The Morgan fingerprint density at radius 1 is 0.913 bits per heavy atom. The van der Waals surface area contributed by atoms with Gasteiger partial charge in [-0.25, -0.2) is 8.78 Å². The standard InChI is InChI=1S/C20H25F2N/c1-13-7-8-14(12-23-13)20(5,6)11-16-17(21)9-15(10-18(16)22)19(2,3)4/h7-10,12H,11H2,1-6H3. The first kappa shape index (κ1) is 17.6. The van der Waals surface area contributed by atoms with E-state index < -0.39 is 17.0 Å². The van der Waals surface area contributed by atoms with Gasteiger partial charge in [0.25, 0.3) is 0 Å². The van der Waals surface area contributed by atoms with E-state index in [1.807, 2.05) is 53.7 Å². The molecule has 0 N–H and O–H groups in total. The third-order valence-electron chi connectivity index (χ3n) is 4.32. The molecule has 0 saturated carbocycles. The Bertz CT molecular complexity index is 672. The number of halogens is 2. The normalized spacial score (nSPS) is 12.5. The van der Waals surface area contributed by atoms with Crippen molar-refractivity contribution < 1.29 is 8.78 Å². The Morgan fingerprint density at radius 3 is 1.91 bits per heavy atom. The average molecular weight is 317 g/mol. The molecule has 0 atom stereocenters. The maximum atomic E-state index is 14.5. The summed E-state index contributed by atoms with van der Waals surface area (Å²) < 4.78 is 29.0. The molecule has 3 heteroatoms. The highest BCUT2D eigenvalue weighted by atomic mass is 19.1. The van der Waals surface area contributed by atoms with Gasteiger partial charge in [0, 0.05) is 17.5 Å². The van der Waals surface area contributed by atoms with Crippen molar-refractivity contribution in [2.24, 2.45) is 0 Å². The highest BCUT2D eigenvalue weighted by Gasteiger charge is 2.26. The predicted molar refractivity (Wildman–Crippen MR) is 90.8 cm³/mol. The second-order valence-corrected chi connectivity index (χ2v) is 7.92. The van der Waals surface area contributed by atoms with Crippen LogP contribution in [0, 0.1) is 18.6 Å². The van der Waals surface area contributed by atoms with E-state index in [2.05, 4.69) is 4.98 Å². The molecule has 2 aromatic rings. The van der Waals surface area contributed by atoms with Crippen LogP contribution in [0.4, 0.5) is 8.78 Å². The smallest absolute Gasteiger partial charge is 0.129 e. The van der Waals surface area contributed by atoms with Gasteiger partial charge in [0.1, 0.15) is 11.6 Å². The summed E-state index contributed by atoms with van der Waals surface area (Å²) in [4.78, 5) is 4.29. The number of aryl methyl sites for hydroxylation is 1. The van der Waals surface area contributed by atoms with Crippen LogP contribution in [0.5, 0.6) is 0 Å². The second-order valence-electron chi connectivity index (χ2n) is 7.92. The quantitative estimate of drug-likeness (QED) is 0.730. The van der Waals surface area contributed by atoms with E-state index >= 15 is 0 Å². The van der Waals surface area contributed by atoms with Crippen LogP contribution in [0.25, 0.3) is 0 Å². The molecule has 0 amide bonds.